The van der Waals surface area contributed by atoms with Crippen molar-refractivity contribution in [3.8, 4) is 0 Å². The van der Waals surface area contributed by atoms with Crippen molar-refractivity contribution in [2.75, 3.05) is 85.1 Å². The standard InChI is InChI=1S/C23H39N5O9/c29-19(28(17-23(36)37)18-3-1-2-4-18)13-24-5-7-25(14-20(30)31)9-11-27(16-22(34)35)12-10-26(8-6-24)15-21(32)33/h18H,1-17H2,(H,30,31)(H,32,33)(H,34,35)(H,36,37)/p-3. The maximum absolute atomic E-state index is 13.2. The molecule has 1 saturated heterocycles. The Hall–Kier alpha value is -2.81. The first-order chi connectivity index (χ1) is 17.5. The minimum Gasteiger partial charge on any atom is -0.549 e. The molecule has 0 bridgehead atoms. The number of hydrogen-bond acceptors (Lipinski definition) is 12. The molecule has 2 fully saturated rings. The van der Waals surface area contributed by atoms with E-state index in [1.165, 1.54) is 4.90 Å². The summed E-state index contributed by atoms with van der Waals surface area (Å²) >= 11 is 0. The van der Waals surface area contributed by atoms with Crippen LogP contribution in [0.4, 0.5) is 0 Å². The maximum Gasteiger partial charge on any atom is 0.323 e. The molecule has 14 heteroatoms. The first-order valence-electron chi connectivity index (χ1n) is 12.5. The van der Waals surface area contributed by atoms with Gasteiger partial charge in [-0.15, -0.1) is 0 Å². The Morgan fingerprint density at radius 2 is 0.946 bits per heavy atom. The number of carbonyl (C=O) groups is 5. The largest absolute Gasteiger partial charge is 0.549 e. The molecule has 0 aromatic rings. The van der Waals surface area contributed by atoms with Crippen molar-refractivity contribution in [2.24, 2.45) is 0 Å². The Bertz CT molecular complexity index is 773. The number of hydrogen-bond donors (Lipinski definition) is 1. The second-order valence-corrected chi connectivity index (χ2v) is 9.57. The van der Waals surface area contributed by atoms with Gasteiger partial charge in [-0.05, 0) is 12.8 Å². The lowest BCUT2D eigenvalue weighted by atomic mass is 10.2. The van der Waals surface area contributed by atoms with Crippen LogP contribution in [0.5, 0.6) is 0 Å². The van der Waals surface area contributed by atoms with Crippen LogP contribution < -0.4 is 15.3 Å². The summed E-state index contributed by atoms with van der Waals surface area (Å²) in [4.78, 5) is 66.2. The summed E-state index contributed by atoms with van der Waals surface area (Å²) < 4.78 is 0. The first-order valence-corrected chi connectivity index (χ1v) is 12.5. The summed E-state index contributed by atoms with van der Waals surface area (Å²) in [5.41, 5.74) is 0. The zero-order chi connectivity index (χ0) is 27.4. The number of amides is 1. The number of aliphatic carboxylic acids is 4. The minimum atomic E-state index is -1.30. The van der Waals surface area contributed by atoms with E-state index in [9.17, 15) is 44.4 Å². The second kappa shape index (κ2) is 15.4. The van der Waals surface area contributed by atoms with Crippen molar-refractivity contribution in [3.05, 3.63) is 0 Å². The fourth-order valence-electron chi connectivity index (χ4n) is 4.82. The normalized spacial score (nSPS) is 20.1. The molecule has 1 saturated carbocycles. The van der Waals surface area contributed by atoms with Crippen molar-refractivity contribution in [1.82, 2.24) is 24.5 Å². The van der Waals surface area contributed by atoms with Gasteiger partial charge in [0.2, 0.25) is 5.91 Å². The van der Waals surface area contributed by atoms with Crippen molar-refractivity contribution >= 4 is 29.8 Å². The molecule has 14 nitrogen and oxygen atoms in total. The van der Waals surface area contributed by atoms with Gasteiger partial charge < -0.3 is 39.7 Å². The second-order valence-electron chi connectivity index (χ2n) is 9.57. The van der Waals surface area contributed by atoms with Crippen LogP contribution in [-0.4, -0.2) is 151 Å². The highest BCUT2D eigenvalue weighted by Gasteiger charge is 2.29. The summed E-state index contributed by atoms with van der Waals surface area (Å²) in [5.74, 6) is -5.34. The molecule has 210 valence electrons. The van der Waals surface area contributed by atoms with Crippen LogP contribution in [0.2, 0.25) is 0 Å². The SMILES string of the molecule is O=C([O-])CN1CCN(CC(=O)[O-])CCN(CC(=O)N(CC(=O)O)C2CCCC2)CCN(CC(=O)[O-])CC1. The Balaban J connectivity index is 2.18. The molecule has 1 aliphatic heterocycles. The Morgan fingerprint density at radius 3 is 1.24 bits per heavy atom. The van der Waals surface area contributed by atoms with E-state index < -0.39 is 30.4 Å². The minimum absolute atomic E-state index is 0.0983. The molecule has 0 unspecified atom stereocenters. The van der Waals surface area contributed by atoms with Crippen LogP contribution in [0.25, 0.3) is 0 Å². The lowest BCUT2D eigenvalue weighted by Gasteiger charge is -2.35. The Kier molecular flexibility index (Phi) is 12.7. The van der Waals surface area contributed by atoms with E-state index in [0.717, 1.165) is 25.7 Å². The highest BCUT2D eigenvalue weighted by Crippen LogP contribution is 2.23. The molecule has 0 aromatic heterocycles. The third kappa shape index (κ3) is 11.9. The number of carbonyl (C=O) groups excluding carboxylic acids is 4. The molecule has 2 aliphatic rings. The molecular formula is C23H36N5O9-3. The van der Waals surface area contributed by atoms with Gasteiger partial charge in [-0.25, -0.2) is 0 Å². The van der Waals surface area contributed by atoms with E-state index in [2.05, 4.69) is 0 Å². The molecule has 1 N–H and O–H groups in total. The zero-order valence-electron chi connectivity index (χ0n) is 21.0. The van der Waals surface area contributed by atoms with Gasteiger partial charge in [-0.1, -0.05) is 12.8 Å². The maximum atomic E-state index is 13.2. The Morgan fingerprint density at radius 1 is 0.622 bits per heavy atom. The van der Waals surface area contributed by atoms with Gasteiger partial charge >= 0.3 is 5.97 Å². The van der Waals surface area contributed by atoms with Crippen LogP contribution in [0.15, 0.2) is 0 Å². The van der Waals surface area contributed by atoms with E-state index in [4.69, 9.17) is 0 Å². The van der Waals surface area contributed by atoms with E-state index >= 15 is 0 Å². The van der Waals surface area contributed by atoms with Gasteiger partial charge in [0.15, 0.2) is 0 Å². The van der Waals surface area contributed by atoms with Crippen LogP contribution in [0, 0.1) is 0 Å². The third-order valence-electron chi connectivity index (χ3n) is 6.74. The molecule has 0 radical (unpaired) electrons. The lowest BCUT2D eigenvalue weighted by Crippen LogP contribution is -2.53. The molecule has 0 spiro atoms. The van der Waals surface area contributed by atoms with Crippen molar-refractivity contribution in [3.63, 3.8) is 0 Å². The number of nitrogens with zero attached hydrogens (tertiary/aromatic N) is 5. The molecule has 2 rings (SSSR count). The molecule has 1 amide bonds. The molecule has 37 heavy (non-hydrogen) atoms. The average Bonchev–Trinajstić information content (AvgIpc) is 3.32. The quantitative estimate of drug-likeness (QED) is 0.268. The van der Waals surface area contributed by atoms with E-state index in [1.54, 1.807) is 19.6 Å². The van der Waals surface area contributed by atoms with Crippen LogP contribution in [0.1, 0.15) is 25.7 Å². The molecule has 1 heterocycles. The smallest absolute Gasteiger partial charge is 0.323 e. The zero-order valence-corrected chi connectivity index (χ0v) is 21.0. The van der Waals surface area contributed by atoms with Gasteiger partial charge in [-0.2, -0.15) is 0 Å². The van der Waals surface area contributed by atoms with Gasteiger partial charge in [0.1, 0.15) is 6.54 Å². The molecule has 0 aromatic carbocycles. The first kappa shape index (κ1) is 30.4. The van der Waals surface area contributed by atoms with Gasteiger partial charge in [-0.3, -0.25) is 29.2 Å². The average molecular weight is 527 g/mol. The topological polar surface area (TPSA) is 191 Å². The van der Waals surface area contributed by atoms with Crippen LogP contribution >= 0.6 is 0 Å². The predicted octanol–water partition coefficient (Wildman–Crippen LogP) is -5.69. The summed E-state index contributed by atoms with van der Waals surface area (Å²) in [6.45, 7) is 0.114. The van der Waals surface area contributed by atoms with Gasteiger partial charge in [0.05, 0.1) is 24.5 Å². The number of carboxylic acids is 4. The summed E-state index contributed by atoms with van der Waals surface area (Å²) in [6, 6.07) is -0.144. The number of carboxylic acid groups (broad SMARTS) is 4. The van der Waals surface area contributed by atoms with Crippen LogP contribution in [-0.2, 0) is 24.0 Å². The van der Waals surface area contributed by atoms with Crippen molar-refractivity contribution in [1.29, 1.82) is 0 Å². The monoisotopic (exact) mass is 526 g/mol. The Labute approximate surface area is 216 Å². The predicted molar refractivity (Wildman–Crippen MR) is 122 cm³/mol. The summed E-state index contributed by atoms with van der Waals surface area (Å²) in [6.07, 6.45) is 3.31. The number of rotatable bonds is 11. The summed E-state index contributed by atoms with van der Waals surface area (Å²) in [7, 11) is 0. The van der Waals surface area contributed by atoms with E-state index in [0.29, 0.717) is 0 Å². The van der Waals surface area contributed by atoms with E-state index in [-0.39, 0.29) is 90.5 Å². The highest BCUT2D eigenvalue weighted by molar-refractivity contribution is 5.83. The highest BCUT2D eigenvalue weighted by atomic mass is 16.4. The van der Waals surface area contributed by atoms with Crippen molar-refractivity contribution < 1.29 is 44.4 Å². The lowest BCUT2D eigenvalue weighted by molar-refractivity contribution is -0.308. The van der Waals surface area contributed by atoms with Gasteiger partial charge in [0, 0.05) is 78.0 Å². The third-order valence-corrected chi connectivity index (χ3v) is 6.74. The summed E-state index contributed by atoms with van der Waals surface area (Å²) in [5, 5.41) is 43.0. The van der Waals surface area contributed by atoms with Crippen molar-refractivity contribution in [2.45, 2.75) is 31.7 Å². The molecular weight excluding hydrogens is 490 g/mol. The fourth-order valence-corrected chi connectivity index (χ4v) is 4.82. The van der Waals surface area contributed by atoms with E-state index in [1.807, 2.05) is 0 Å². The van der Waals surface area contributed by atoms with Gasteiger partial charge in [0.25, 0.3) is 0 Å². The molecule has 0 atom stereocenters. The molecule has 1 aliphatic carbocycles. The van der Waals surface area contributed by atoms with Crippen LogP contribution in [0.3, 0.4) is 0 Å². The fraction of sp³-hybridized carbons (Fsp3) is 0.783.